The number of aliphatic hydroxyl groups is 1. The monoisotopic (exact) mass is 460 g/mol. The number of amides is 3. The van der Waals surface area contributed by atoms with Gasteiger partial charge in [0.1, 0.15) is 17.5 Å². The molecule has 33 heavy (non-hydrogen) atoms. The van der Waals surface area contributed by atoms with Crippen molar-refractivity contribution in [3.63, 3.8) is 0 Å². The van der Waals surface area contributed by atoms with E-state index in [2.05, 4.69) is 15.6 Å². The highest BCUT2D eigenvalue weighted by molar-refractivity contribution is 5.91. The number of nitrogens with one attached hydrogen (secondary N) is 3. The molecule has 4 rings (SSSR count). The summed E-state index contributed by atoms with van der Waals surface area (Å²) in [5.41, 5.74) is 7.07. The number of likely N-dealkylation sites (tertiary alicyclic amines) is 2. The molecule has 2 aromatic rings. The minimum Gasteiger partial charge on any atom is -0.394 e. The predicted octanol–water partition coefficient (Wildman–Crippen LogP) is -0.796. The maximum atomic E-state index is 14.0. The summed E-state index contributed by atoms with van der Waals surface area (Å²) >= 11 is 0. The lowest BCUT2D eigenvalue weighted by Crippen LogP contribution is -2.65. The Morgan fingerprint density at radius 3 is 2.88 bits per heavy atom. The van der Waals surface area contributed by atoms with Gasteiger partial charge in [0.15, 0.2) is 0 Å². The van der Waals surface area contributed by atoms with E-state index in [4.69, 9.17) is 5.73 Å². The van der Waals surface area contributed by atoms with E-state index in [0.717, 1.165) is 6.41 Å². The molecule has 10 nitrogen and oxygen atoms in total. The third-order valence-corrected chi connectivity index (χ3v) is 7.06. The SMILES string of the molecule is CN[C@@H](C)C(=O)NC(CO)C(=O)N1CC[C@H]2N(C=O)C[C@H](c3c[nH]c4ccc(F)cc34)[C@]21N. The second-order valence-electron chi connectivity index (χ2n) is 8.72. The summed E-state index contributed by atoms with van der Waals surface area (Å²) in [4.78, 5) is 43.8. The van der Waals surface area contributed by atoms with Crippen LogP contribution in [0.1, 0.15) is 24.8 Å². The smallest absolute Gasteiger partial charge is 0.249 e. The number of aromatic amines is 1. The molecule has 2 aliphatic heterocycles. The standard InChI is InChI=1S/C22H29FN6O4/c1-12(25-2)20(32)27-18(10-30)21(33)29-6-5-19-22(29,24)16(9-28(19)11-31)15-8-26-17-4-3-13(23)7-14(15)17/h3-4,7-8,11-12,16,18-19,25-26,30H,5-6,9-10,24H2,1-2H3,(H,27,32)/t12-,16+,18?,19+,22+/m0/s1. The molecular formula is C22H29FN6O4. The molecule has 2 fully saturated rings. The van der Waals surface area contributed by atoms with Gasteiger partial charge in [-0.3, -0.25) is 14.4 Å². The Hall–Kier alpha value is -3.02. The van der Waals surface area contributed by atoms with Crippen LogP contribution in [0.5, 0.6) is 0 Å². The van der Waals surface area contributed by atoms with Crippen LogP contribution in [0, 0.1) is 5.82 Å². The number of nitrogens with zero attached hydrogens (tertiary/aromatic N) is 2. The molecule has 1 aromatic heterocycles. The first kappa shape index (κ1) is 23.1. The summed E-state index contributed by atoms with van der Waals surface area (Å²) in [5, 5.41) is 15.8. The molecule has 3 amide bonds. The molecule has 11 heteroatoms. The number of rotatable bonds is 7. The van der Waals surface area contributed by atoms with Gasteiger partial charge in [-0.05, 0) is 44.2 Å². The number of H-pyrrole nitrogens is 1. The molecule has 0 bridgehead atoms. The zero-order valence-corrected chi connectivity index (χ0v) is 18.5. The number of carbonyl (C=O) groups is 3. The van der Waals surface area contributed by atoms with Crippen molar-refractivity contribution in [3.8, 4) is 0 Å². The number of halogens is 1. The highest BCUT2D eigenvalue weighted by atomic mass is 19.1. The first-order valence-corrected chi connectivity index (χ1v) is 10.9. The molecule has 2 saturated heterocycles. The van der Waals surface area contributed by atoms with E-state index < -0.39 is 53.9 Å². The Morgan fingerprint density at radius 2 is 2.21 bits per heavy atom. The highest BCUT2D eigenvalue weighted by Gasteiger charge is 2.61. The van der Waals surface area contributed by atoms with Crippen LogP contribution in [0.25, 0.3) is 10.9 Å². The van der Waals surface area contributed by atoms with Crippen LogP contribution in [0.3, 0.4) is 0 Å². The van der Waals surface area contributed by atoms with Crippen LogP contribution in [0.2, 0.25) is 0 Å². The summed E-state index contributed by atoms with van der Waals surface area (Å²) in [6.45, 7) is 1.55. The van der Waals surface area contributed by atoms with Crippen molar-refractivity contribution in [1.82, 2.24) is 25.4 Å². The Morgan fingerprint density at radius 1 is 1.45 bits per heavy atom. The van der Waals surface area contributed by atoms with Gasteiger partial charge >= 0.3 is 0 Å². The quantitative estimate of drug-likeness (QED) is 0.343. The van der Waals surface area contributed by atoms with E-state index >= 15 is 0 Å². The average molecular weight is 461 g/mol. The summed E-state index contributed by atoms with van der Waals surface area (Å²) in [6.07, 6.45) is 2.90. The predicted molar refractivity (Wildman–Crippen MR) is 118 cm³/mol. The molecule has 1 unspecified atom stereocenters. The molecule has 3 heterocycles. The van der Waals surface area contributed by atoms with Crippen LogP contribution in [-0.2, 0) is 14.4 Å². The van der Waals surface area contributed by atoms with Crippen LogP contribution >= 0.6 is 0 Å². The number of hydrogen-bond acceptors (Lipinski definition) is 6. The third kappa shape index (κ3) is 3.65. The first-order valence-electron chi connectivity index (χ1n) is 10.9. The van der Waals surface area contributed by atoms with Gasteiger partial charge in [-0.25, -0.2) is 4.39 Å². The normalized spacial score (nSPS) is 26.3. The second-order valence-corrected chi connectivity index (χ2v) is 8.72. The van der Waals surface area contributed by atoms with Crippen molar-refractivity contribution in [3.05, 3.63) is 35.8 Å². The van der Waals surface area contributed by atoms with Gasteiger partial charge in [0, 0.05) is 36.1 Å². The molecular weight excluding hydrogens is 431 g/mol. The lowest BCUT2D eigenvalue weighted by atomic mass is 9.85. The number of aromatic nitrogens is 1. The van der Waals surface area contributed by atoms with Gasteiger partial charge in [-0.2, -0.15) is 0 Å². The van der Waals surface area contributed by atoms with Crippen LogP contribution < -0.4 is 16.4 Å². The number of fused-ring (bicyclic) bond motifs is 2. The summed E-state index contributed by atoms with van der Waals surface area (Å²) in [5.74, 6) is -1.86. The molecule has 1 aromatic carbocycles. The number of carbonyl (C=O) groups excluding carboxylic acids is 3. The van der Waals surface area contributed by atoms with E-state index in [0.29, 0.717) is 22.9 Å². The minimum absolute atomic E-state index is 0.255. The first-order chi connectivity index (χ1) is 15.8. The zero-order chi connectivity index (χ0) is 23.9. The number of hydrogen-bond donors (Lipinski definition) is 5. The highest BCUT2D eigenvalue weighted by Crippen LogP contribution is 2.47. The summed E-state index contributed by atoms with van der Waals surface area (Å²) in [7, 11) is 1.61. The van der Waals surface area contributed by atoms with Crippen molar-refractivity contribution < 1.29 is 23.9 Å². The van der Waals surface area contributed by atoms with Crippen molar-refractivity contribution in [1.29, 1.82) is 0 Å². The molecule has 0 radical (unpaired) electrons. The zero-order valence-electron chi connectivity index (χ0n) is 18.5. The van der Waals surface area contributed by atoms with Crippen LogP contribution in [0.4, 0.5) is 4.39 Å². The molecule has 178 valence electrons. The minimum atomic E-state index is -1.29. The van der Waals surface area contributed by atoms with Crippen LogP contribution in [0.15, 0.2) is 24.4 Å². The van der Waals surface area contributed by atoms with Crippen molar-refractivity contribution in [2.75, 3.05) is 26.7 Å². The van der Waals surface area contributed by atoms with E-state index in [1.165, 1.54) is 17.0 Å². The van der Waals surface area contributed by atoms with Gasteiger partial charge in [0.25, 0.3) is 0 Å². The Bertz CT molecular complexity index is 1080. The number of benzene rings is 1. The molecule has 6 N–H and O–H groups in total. The fourth-order valence-electron chi connectivity index (χ4n) is 5.16. The van der Waals surface area contributed by atoms with Crippen molar-refractivity contribution >= 4 is 29.1 Å². The summed E-state index contributed by atoms with van der Waals surface area (Å²) < 4.78 is 14.0. The van der Waals surface area contributed by atoms with Crippen molar-refractivity contribution in [2.24, 2.45) is 5.73 Å². The van der Waals surface area contributed by atoms with Gasteiger partial charge in [-0.1, -0.05) is 0 Å². The fourth-order valence-corrected chi connectivity index (χ4v) is 5.16. The maximum absolute atomic E-state index is 14.0. The van der Waals surface area contributed by atoms with Gasteiger partial charge in [0.05, 0.1) is 18.7 Å². The number of nitrogens with two attached hydrogens (primary N) is 1. The molecule has 0 spiro atoms. The van der Waals surface area contributed by atoms with Crippen molar-refractivity contribution in [2.45, 2.75) is 43.1 Å². The van der Waals surface area contributed by atoms with E-state index in [1.54, 1.807) is 31.1 Å². The Balaban J connectivity index is 1.70. The third-order valence-electron chi connectivity index (χ3n) is 7.06. The van der Waals surface area contributed by atoms with Gasteiger partial charge in [0.2, 0.25) is 18.2 Å². The van der Waals surface area contributed by atoms with E-state index in [9.17, 15) is 23.9 Å². The molecule has 0 saturated carbocycles. The van der Waals surface area contributed by atoms with Gasteiger partial charge in [-0.15, -0.1) is 0 Å². The lowest BCUT2D eigenvalue weighted by molar-refractivity contribution is -0.142. The van der Waals surface area contributed by atoms with Gasteiger partial charge < -0.3 is 36.3 Å². The maximum Gasteiger partial charge on any atom is 0.249 e. The second kappa shape index (κ2) is 8.73. The van der Waals surface area contributed by atoms with E-state index in [1.807, 2.05) is 0 Å². The fraction of sp³-hybridized carbons (Fsp3) is 0.500. The van der Waals surface area contributed by atoms with Crippen LogP contribution in [-0.4, -0.2) is 88.6 Å². The average Bonchev–Trinajstić information content (AvgIpc) is 3.45. The largest absolute Gasteiger partial charge is 0.394 e. The molecule has 2 aliphatic rings. The molecule has 5 atom stereocenters. The molecule has 0 aliphatic carbocycles. The Kier molecular flexibility index (Phi) is 6.12. The lowest BCUT2D eigenvalue weighted by Gasteiger charge is -2.40. The topological polar surface area (TPSA) is 144 Å². The summed E-state index contributed by atoms with van der Waals surface area (Å²) in [6, 6.07) is 2.19. The number of aliphatic hydroxyl groups excluding tert-OH is 1. The van der Waals surface area contributed by atoms with E-state index in [-0.39, 0.29) is 13.1 Å². The Labute approximate surface area is 190 Å². The number of likely N-dealkylation sites (N-methyl/N-ethyl adjacent to an activating group) is 1.